The highest BCUT2D eigenvalue weighted by atomic mass is 79.9. The maximum absolute atomic E-state index is 12.1. The quantitative estimate of drug-likeness (QED) is 0.820. The van der Waals surface area contributed by atoms with Gasteiger partial charge in [-0.25, -0.2) is 0 Å². The molecule has 0 saturated carbocycles. The van der Waals surface area contributed by atoms with Crippen molar-refractivity contribution >= 4 is 44.8 Å². The third kappa shape index (κ3) is 3.23. The fourth-order valence-corrected chi connectivity index (χ4v) is 2.14. The van der Waals surface area contributed by atoms with Crippen LogP contribution in [0.2, 0.25) is 5.02 Å². The summed E-state index contributed by atoms with van der Waals surface area (Å²) in [6.45, 7) is 0. The molecule has 3 N–H and O–H groups in total. The second kappa shape index (κ2) is 6.15. The van der Waals surface area contributed by atoms with E-state index in [9.17, 15) is 4.79 Å². The summed E-state index contributed by atoms with van der Waals surface area (Å²) < 4.78 is 5.80. The molecule has 0 saturated heterocycles. The number of nitrogen functional groups attached to an aromatic ring is 1. The zero-order chi connectivity index (χ0) is 14.7. The summed E-state index contributed by atoms with van der Waals surface area (Å²) in [7, 11) is 1.53. The smallest absolute Gasteiger partial charge is 0.255 e. The Labute approximate surface area is 130 Å². The molecule has 0 heterocycles. The van der Waals surface area contributed by atoms with Crippen LogP contribution in [0.5, 0.6) is 5.75 Å². The largest absolute Gasteiger partial charge is 0.495 e. The van der Waals surface area contributed by atoms with Crippen LogP contribution in [0.4, 0.5) is 11.4 Å². The van der Waals surface area contributed by atoms with Gasteiger partial charge in [-0.15, -0.1) is 0 Å². The van der Waals surface area contributed by atoms with Crippen molar-refractivity contribution in [1.82, 2.24) is 0 Å². The van der Waals surface area contributed by atoms with Crippen molar-refractivity contribution in [2.24, 2.45) is 0 Å². The molecule has 0 fully saturated rings. The second-order valence-corrected chi connectivity index (χ2v) is 5.30. The Bertz CT molecular complexity index is 662. The van der Waals surface area contributed by atoms with Crippen LogP contribution in [0.25, 0.3) is 0 Å². The molecule has 0 unspecified atom stereocenters. The molecule has 4 nitrogen and oxygen atoms in total. The fraction of sp³-hybridized carbons (Fsp3) is 0.0714. The summed E-state index contributed by atoms with van der Waals surface area (Å²) in [6, 6.07) is 10.0. The zero-order valence-corrected chi connectivity index (χ0v) is 13.0. The first kappa shape index (κ1) is 14.7. The van der Waals surface area contributed by atoms with Gasteiger partial charge in [0.05, 0.1) is 12.1 Å². The summed E-state index contributed by atoms with van der Waals surface area (Å²) in [5.74, 6) is 0.294. The zero-order valence-electron chi connectivity index (χ0n) is 10.6. The van der Waals surface area contributed by atoms with E-state index in [4.69, 9.17) is 22.1 Å². The molecule has 104 valence electrons. The third-order valence-electron chi connectivity index (χ3n) is 2.67. The highest BCUT2D eigenvalue weighted by molar-refractivity contribution is 9.10. The number of methoxy groups -OCH3 is 1. The van der Waals surface area contributed by atoms with E-state index in [2.05, 4.69) is 21.2 Å². The van der Waals surface area contributed by atoms with Crippen LogP contribution in [0, 0.1) is 0 Å². The highest BCUT2D eigenvalue weighted by Crippen LogP contribution is 2.27. The average molecular weight is 356 g/mol. The van der Waals surface area contributed by atoms with Crippen molar-refractivity contribution in [1.29, 1.82) is 0 Å². The number of nitrogens with one attached hydrogen (secondary N) is 1. The lowest BCUT2D eigenvalue weighted by Gasteiger charge is -2.09. The molecule has 0 atom stereocenters. The maximum Gasteiger partial charge on any atom is 0.255 e. The number of hydrogen-bond donors (Lipinski definition) is 2. The Morgan fingerprint density at radius 1 is 1.30 bits per heavy atom. The van der Waals surface area contributed by atoms with Gasteiger partial charge in [-0.3, -0.25) is 4.79 Å². The lowest BCUT2D eigenvalue weighted by atomic mass is 10.2. The molecule has 0 aliphatic rings. The molecular weight excluding hydrogens is 344 g/mol. The van der Waals surface area contributed by atoms with Crippen LogP contribution in [0.3, 0.4) is 0 Å². The van der Waals surface area contributed by atoms with E-state index >= 15 is 0 Å². The molecule has 1 amide bonds. The van der Waals surface area contributed by atoms with Crippen LogP contribution in [0.15, 0.2) is 40.9 Å². The molecule has 20 heavy (non-hydrogen) atoms. The van der Waals surface area contributed by atoms with Crippen LogP contribution in [-0.2, 0) is 0 Å². The van der Waals surface area contributed by atoms with Gasteiger partial charge >= 0.3 is 0 Å². The van der Waals surface area contributed by atoms with Crippen LogP contribution >= 0.6 is 27.5 Å². The van der Waals surface area contributed by atoms with Gasteiger partial charge in [0.1, 0.15) is 5.75 Å². The lowest BCUT2D eigenvalue weighted by Crippen LogP contribution is -2.12. The lowest BCUT2D eigenvalue weighted by molar-refractivity contribution is 0.102. The first-order chi connectivity index (χ1) is 9.51. The van der Waals surface area contributed by atoms with E-state index in [0.717, 1.165) is 4.47 Å². The first-order valence-corrected chi connectivity index (χ1v) is 6.88. The maximum atomic E-state index is 12.1. The molecular formula is C14H12BrClN2O2. The van der Waals surface area contributed by atoms with Gasteiger partial charge in [0, 0.05) is 21.4 Å². The van der Waals surface area contributed by atoms with E-state index in [-0.39, 0.29) is 5.91 Å². The summed E-state index contributed by atoms with van der Waals surface area (Å²) in [4.78, 5) is 12.1. The minimum atomic E-state index is -0.259. The van der Waals surface area contributed by atoms with Gasteiger partial charge in [-0.2, -0.15) is 0 Å². The van der Waals surface area contributed by atoms with Gasteiger partial charge in [-0.1, -0.05) is 11.6 Å². The molecule has 0 bridgehead atoms. The molecule has 2 aromatic rings. The molecule has 2 rings (SSSR count). The normalized spacial score (nSPS) is 10.2. The van der Waals surface area contributed by atoms with Crippen molar-refractivity contribution < 1.29 is 9.53 Å². The predicted molar refractivity (Wildman–Crippen MR) is 84.5 cm³/mol. The Balaban J connectivity index is 2.19. The molecule has 0 aromatic heterocycles. The Hall–Kier alpha value is -1.72. The second-order valence-electron chi connectivity index (χ2n) is 4.04. The summed E-state index contributed by atoms with van der Waals surface area (Å²) in [6.07, 6.45) is 0. The van der Waals surface area contributed by atoms with Crippen LogP contribution in [0.1, 0.15) is 10.4 Å². The van der Waals surface area contributed by atoms with Gasteiger partial charge in [0.25, 0.3) is 5.91 Å². The van der Waals surface area contributed by atoms with Crippen molar-refractivity contribution in [3.63, 3.8) is 0 Å². The van der Waals surface area contributed by atoms with Crippen molar-refractivity contribution in [3.05, 3.63) is 51.5 Å². The van der Waals surface area contributed by atoms with Gasteiger partial charge in [0.15, 0.2) is 0 Å². The Morgan fingerprint density at radius 2 is 2.05 bits per heavy atom. The van der Waals surface area contributed by atoms with E-state index < -0.39 is 0 Å². The van der Waals surface area contributed by atoms with Crippen molar-refractivity contribution in [2.75, 3.05) is 18.2 Å². The van der Waals surface area contributed by atoms with E-state index in [1.807, 2.05) is 0 Å². The van der Waals surface area contributed by atoms with Gasteiger partial charge in [0.2, 0.25) is 0 Å². The number of amides is 1. The molecule has 0 radical (unpaired) electrons. The minimum Gasteiger partial charge on any atom is -0.495 e. The third-order valence-corrected chi connectivity index (χ3v) is 3.69. The number of ether oxygens (including phenoxy) is 1. The van der Waals surface area contributed by atoms with E-state index in [1.54, 1.807) is 36.4 Å². The standard InChI is InChI=1S/C14H12BrClN2O2/c1-20-13-5-3-9(7-11(13)16)18-14(19)8-2-4-10(15)12(17)6-8/h2-7H,17H2,1H3,(H,18,19). The highest BCUT2D eigenvalue weighted by Gasteiger charge is 2.09. The van der Waals surface area contributed by atoms with Crippen molar-refractivity contribution in [2.45, 2.75) is 0 Å². The average Bonchev–Trinajstić information content (AvgIpc) is 2.42. The van der Waals surface area contributed by atoms with Crippen molar-refractivity contribution in [3.8, 4) is 5.75 Å². The van der Waals surface area contributed by atoms with E-state index in [1.165, 1.54) is 7.11 Å². The number of rotatable bonds is 3. The van der Waals surface area contributed by atoms with Crippen LogP contribution < -0.4 is 15.8 Å². The van der Waals surface area contributed by atoms with E-state index in [0.29, 0.717) is 27.7 Å². The molecule has 0 aliphatic heterocycles. The Kier molecular flexibility index (Phi) is 4.52. The molecule has 0 aliphatic carbocycles. The number of benzene rings is 2. The topological polar surface area (TPSA) is 64.3 Å². The predicted octanol–water partition coefficient (Wildman–Crippen LogP) is 3.95. The van der Waals surface area contributed by atoms with Crippen LogP contribution in [-0.4, -0.2) is 13.0 Å². The summed E-state index contributed by atoms with van der Waals surface area (Å²) >= 11 is 9.29. The van der Waals surface area contributed by atoms with Gasteiger partial charge < -0.3 is 15.8 Å². The minimum absolute atomic E-state index is 0.259. The number of hydrogen-bond acceptors (Lipinski definition) is 3. The number of halogens is 2. The molecule has 2 aromatic carbocycles. The number of carbonyl (C=O) groups excluding carboxylic acids is 1. The molecule has 0 spiro atoms. The number of carbonyl (C=O) groups is 1. The SMILES string of the molecule is COc1ccc(NC(=O)c2ccc(Br)c(N)c2)cc1Cl. The Morgan fingerprint density at radius 3 is 2.65 bits per heavy atom. The monoisotopic (exact) mass is 354 g/mol. The van der Waals surface area contributed by atoms with Gasteiger partial charge in [-0.05, 0) is 52.3 Å². The first-order valence-electron chi connectivity index (χ1n) is 5.71. The number of nitrogens with two attached hydrogens (primary N) is 1. The number of anilines is 2. The fourth-order valence-electron chi connectivity index (χ4n) is 1.63. The summed E-state index contributed by atoms with van der Waals surface area (Å²) in [5.41, 5.74) is 7.31. The summed E-state index contributed by atoms with van der Waals surface area (Å²) in [5, 5.41) is 3.18. The molecule has 6 heteroatoms.